The highest BCUT2D eigenvalue weighted by Gasteiger charge is 2.45. The van der Waals surface area contributed by atoms with E-state index in [0.29, 0.717) is 38.9 Å². The molecule has 3 heterocycles. The van der Waals surface area contributed by atoms with Crippen molar-refractivity contribution in [1.29, 1.82) is 0 Å². The third-order valence-corrected chi connectivity index (χ3v) is 6.11. The van der Waals surface area contributed by atoms with Crippen LogP contribution in [-0.2, 0) is 9.59 Å². The Kier molecular flexibility index (Phi) is 5.88. The van der Waals surface area contributed by atoms with Gasteiger partial charge in [-0.3, -0.25) is 14.5 Å². The Labute approximate surface area is 169 Å². The number of nitrogens with zero attached hydrogens (tertiary/aromatic N) is 3. The lowest BCUT2D eigenvalue weighted by Gasteiger charge is -2.37. The normalized spacial score (nSPS) is 30.2. The number of imide groups is 1. The maximum absolute atomic E-state index is 13.3. The first kappa shape index (κ1) is 21.9. The number of alkyl halides is 2. The van der Waals surface area contributed by atoms with Crippen LogP contribution in [0.2, 0.25) is 0 Å². The predicted molar refractivity (Wildman–Crippen MR) is 100 cm³/mol. The van der Waals surface area contributed by atoms with Crippen LogP contribution in [0, 0.1) is 0 Å². The molecule has 1 unspecified atom stereocenters. The summed E-state index contributed by atoms with van der Waals surface area (Å²) in [6.07, 6.45) is 0.973. The zero-order valence-electron chi connectivity index (χ0n) is 17.0. The minimum atomic E-state index is -2.63. The fourth-order valence-electron chi connectivity index (χ4n) is 4.24. The maximum Gasteiger partial charge on any atom is 0.325 e. The lowest BCUT2D eigenvalue weighted by Crippen LogP contribution is -2.49. The molecule has 3 aliphatic heterocycles. The minimum Gasteiger partial charge on any atom is -0.388 e. The van der Waals surface area contributed by atoms with Crippen LogP contribution in [0.3, 0.4) is 0 Å². The molecular formula is C19H30F2N4O4. The molecule has 4 amide bonds. The van der Waals surface area contributed by atoms with Crippen molar-refractivity contribution in [1.82, 2.24) is 20.0 Å². The molecule has 0 spiro atoms. The second kappa shape index (κ2) is 7.79. The number of rotatable bonds is 4. The molecule has 29 heavy (non-hydrogen) atoms. The van der Waals surface area contributed by atoms with Crippen molar-refractivity contribution in [2.75, 3.05) is 39.3 Å². The SMILES string of the molecule is CC1(C)NC(=O)N(CC(=O)N2CCCC(O)(CN3CCC(F)(F)CC3)CC2)C1=O. The van der Waals surface area contributed by atoms with Crippen LogP contribution >= 0.6 is 0 Å². The molecule has 0 aliphatic carbocycles. The van der Waals surface area contributed by atoms with Gasteiger partial charge in [0.15, 0.2) is 0 Å². The van der Waals surface area contributed by atoms with E-state index >= 15 is 0 Å². The number of amides is 4. The van der Waals surface area contributed by atoms with Gasteiger partial charge in [0, 0.05) is 45.6 Å². The monoisotopic (exact) mass is 416 g/mol. The van der Waals surface area contributed by atoms with Crippen molar-refractivity contribution < 1.29 is 28.3 Å². The van der Waals surface area contributed by atoms with Gasteiger partial charge in [0.2, 0.25) is 5.91 Å². The Bertz CT molecular complexity index is 677. The molecule has 10 heteroatoms. The second-order valence-corrected chi connectivity index (χ2v) is 9.04. The zero-order valence-corrected chi connectivity index (χ0v) is 17.0. The summed E-state index contributed by atoms with van der Waals surface area (Å²) in [6, 6.07) is -0.582. The first-order valence-electron chi connectivity index (χ1n) is 10.2. The zero-order chi connectivity index (χ0) is 21.4. The molecule has 0 radical (unpaired) electrons. The number of urea groups is 1. The highest BCUT2D eigenvalue weighted by Crippen LogP contribution is 2.30. The molecule has 0 aromatic carbocycles. The fraction of sp³-hybridized carbons (Fsp3) is 0.842. The number of piperidine rings is 1. The smallest absolute Gasteiger partial charge is 0.325 e. The van der Waals surface area contributed by atoms with E-state index in [9.17, 15) is 28.3 Å². The summed E-state index contributed by atoms with van der Waals surface area (Å²) in [7, 11) is 0. The van der Waals surface area contributed by atoms with Gasteiger partial charge in [0.25, 0.3) is 11.8 Å². The van der Waals surface area contributed by atoms with E-state index in [0.717, 1.165) is 4.90 Å². The second-order valence-electron chi connectivity index (χ2n) is 9.04. The third kappa shape index (κ3) is 5.03. The van der Waals surface area contributed by atoms with Crippen molar-refractivity contribution in [2.45, 2.75) is 63.0 Å². The molecule has 8 nitrogen and oxygen atoms in total. The molecule has 0 saturated carbocycles. The van der Waals surface area contributed by atoms with Gasteiger partial charge < -0.3 is 20.2 Å². The highest BCUT2D eigenvalue weighted by atomic mass is 19.3. The van der Waals surface area contributed by atoms with Crippen molar-refractivity contribution >= 4 is 17.8 Å². The Hall–Kier alpha value is -1.81. The van der Waals surface area contributed by atoms with Crippen molar-refractivity contribution in [3.05, 3.63) is 0 Å². The summed E-state index contributed by atoms with van der Waals surface area (Å²) < 4.78 is 26.7. The summed E-state index contributed by atoms with van der Waals surface area (Å²) in [6.45, 7) is 4.37. The molecular weight excluding hydrogens is 386 g/mol. The van der Waals surface area contributed by atoms with E-state index in [4.69, 9.17) is 0 Å². The summed E-state index contributed by atoms with van der Waals surface area (Å²) in [5.74, 6) is -3.41. The molecule has 2 N–H and O–H groups in total. The van der Waals surface area contributed by atoms with Gasteiger partial charge in [-0.15, -0.1) is 0 Å². The van der Waals surface area contributed by atoms with E-state index in [1.165, 1.54) is 0 Å². The van der Waals surface area contributed by atoms with Gasteiger partial charge in [0.1, 0.15) is 12.1 Å². The lowest BCUT2D eigenvalue weighted by atomic mass is 9.93. The first-order chi connectivity index (χ1) is 13.4. The number of halogens is 2. The Morgan fingerprint density at radius 2 is 1.72 bits per heavy atom. The minimum absolute atomic E-state index is 0.198. The van der Waals surface area contributed by atoms with E-state index < -0.39 is 29.0 Å². The average molecular weight is 416 g/mol. The standard InChI is InChI=1S/C19H30F2N4O4/c1-17(2)15(27)25(16(28)22-17)12-14(26)24-8-3-4-18(29,5-11-24)13-23-9-6-19(20,21)7-10-23/h29H,3-13H2,1-2H3,(H,22,28). The molecule has 3 fully saturated rings. The summed E-state index contributed by atoms with van der Waals surface area (Å²) in [5, 5.41) is 13.5. The molecule has 0 aromatic rings. The topological polar surface area (TPSA) is 93.2 Å². The fourth-order valence-corrected chi connectivity index (χ4v) is 4.24. The van der Waals surface area contributed by atoms with Gasteiger partial charge in [0.05, 0.1) is 5.60 Å². The first-order valence-corrected chi connectivity index (χ1v) is 10.2. The van der Waals surface area contributed by atoms with E-state index in [2.05, 4.69) is 5.32 Å². The van der Waals surface area contributed by atoms with Crippen LogP contribution in [0.4, 0.5) is 13.6 Å². The summed E-state index contributed by atoms with van der Waals surface area (Å²) in [4.78, 5) is 41.3. The number of hydrogen-bond acceptors (Lipinski definition) is 5. The average Bonchev–Trinajstić information content (AvgIpc) is 2.77. The van der Waals surface area contributed by atoms with Gasteiger partial charge in [-0.1, -0.05) is 0 Å². The van der Waals surface area contributed by atoms with Gasteiger partial charge in [-0.25, -0.2) is 13.6 Å². The molecule has 3 aliphatic rings. The maximum atomic E-state index is 13.3. The predicted octanol–water partition coefficient (Wildman–Crippen LogP) is 0.791. The Morgan fingerprint density at radius 3 is 2.31 bits per heavy atom. The van der Waals surface area contributed by atoms with Crippen LogP contribution in [-0.4, -0.2) is 94.0 Å². The number of carbonyl (C=O) groups is 3. The van der Waals surface area contributed by atoms with Crippen molar-refractivity contribution in [3.8, 4) is 0 Å². The van der Waals surface area contributed by atoms with Gasteiger partial charge in [-0.2, -0.15) is 0 Å². The number of aliphatic hydroxyl groups is 1. The quantitative estimate of drug-likeness (QED) is 0.661. The Morgan fingerprint density at radius 1 is 1.07 bits per heavy atom. The van der Waals surface area contributed by atoms with Crippen LogP contribution in [0.1, 0.15) is 46.0 Å². The number of carbonyl (C=O) groups excluding carboxylic acids is 3. The number of nitrogens with one attached hydrogen (secondary N) is 1. The van der Waals surface area contributed by atoms with Crippen LogP contribution < -0.4 is 5.32 Å². The molecule has 3 saturated heterocycles. The summed E-state index contributed by atoms with van der Waals surface area (Å²) >= 11 is 0. The largest absolute Gasteiger partial charge is 0.388 e. The molecule has 0 bridgehead atoms. The van der Waals surface area contributed by atoms with Crippen LogP contribution in [0.25, 0.3) is 0 Å². The number of β-amino-alcohol motifs (C(OH)–C–C–N with tert-alkyl or cyclic N) is 1. The van der Waals surface area contributed by atoms with Gasteiger partial charge in [-0.05, 0) is 33.1 Å². The molecule has 1 atom stereocenters. The number of hydrogen-bond donors (Lipinski definition) is 2. The van der Waals surface area contributed by atoms with Crippen molar-refractivity contribution in [2.24, 2.45) is 0 Å². The van der Waals surface area contributed by atoms with Crippen molar-refractivity contribution in [3.63, 3.8) is 0 Å². The third-order valence-electron chi connectivity index (χ3n) is 6.11. The van der Waals surface area contributed by atoms with Crippen LogP contribution in [0.5, 0.6) is 0 Å². The van der Waals surface area contributed by atoms with E-state index in [-0.39, 0.29) is 38.4 Å². The molecule has 3 rings (SSSR count). The Balaban J connectivity index is 1.53. The van der Waals surface area contributed by atoms with Crippen LogP contribution in [0.15, 0.2) is 0 Å². The van der Waals surface area contributed by atoms with Gasteiger partial charge >= 0.3 is 6.03 Å². The number of likely N-dealkylation sites (tertiary alicyclic amines) is 2. The summed E-state index contributed by atoms with van der Waals surface area (Å²) in [5.41, 5.74) is -2.06. The van der Waals surface area contributed by atoms with E-state index in [1.807, 2.05) is 4.90 Å². The lowest BCUT2D eigenvalue weighted by molar-refractivity contribution is -0.138. The van der Waals surface area contributed by atoms with E-state index in [1.54, 1.807) is 18.7 Å². The highest BCUT2D eigenvalue weighted by molar-refractivity contribution is 6.08. The molecule has 0 aromatic heterocycles. The molecule has 164 valence electrons.